The summed E-state index contributed by atoms with van der Waals surface area (Å²) in [7, 11) is 0. The highest BCUT2D eigenvalue weighted by Crippen LogP contribution is 2.71. The molecule has 1 aromatic rings. The third-order valence-electron chi connectivity index (χ3n) is 10.0. The van der Waals surface area contributed by atoms with Crippen molar-refractivity contribution in [3.8, 4) is 5.75 Å². The number of carbonyl (C=O) groups is 1. The second-order valence-electron chi connectivity index (χ2n) is 12.3. The van der Waals surface area contributed by atoms with Gasteiger partial charge in [-0.1, -0.05) is 13.0 Å². The van der Waals surface area contributed by atoms with Gasteiger partial charge in [0.1, 0.15) is 18.0 Å². The quantitative estimate of drug-likeness (QED) is 0.339. The number of hydrogen-bond acceptors (Lipinski definition) is 5. The van der Waals surface area contributed by atoms with Gasteiger partial charge in [0.25, 0.3) is 0 Å². The fourth-order valence-corrected chi connectivity index (χ4v) is 8.36. The SMILES string of the molecule is CC1(C)COC([C@@H]2O[C@]23CC[C@H]2[C@@H]4CCc5cc6c(cc5[C@H]4CC[C@@]23C)CCCC(=O)O6)=N1. The molecule has 33 heavy (non-hydrogen) atoms. The van der Waals surface area contributed by atoms with E-state index in [0.717, 1.165) is 43.2 Å². The smallest absolute Gasteiger partial charge is 0.311 e. The number of ether oxygens (including phenoxy) is 3. The van der Waals surface area contributed by atoms with E-state index in [2.05, 4.69) is 32.9 Å². The molecule has 6 aliphatic rings. The molecule has 5 heteroatoms. The van der Waals surface area contributed by atoms with Crippen molar-refractivity contribution in [3.05, 3.63) is 28.8 Å². The molecule has 0 unspecified atom stereocenters. The molecule has 1 spiro atoms. The van der Waals surface area contributed by atoms with Crippen molar-refractivity contribution in [1.29, 1.82) is 0 Å². The van der Waals surface area contributed by atoms with Gasteiger partial charge in [0.2, 0.25) is 5.90 Å². The summed E-state index contributed by atoms with van der Waals surface area (Å²) in [6.45, 7) is 7.45. The highest BCUT2D eigenvalue weighted by Gasteiger charge is 2.76. The van der Waals surface area contributed by atoms with Crippen LogP contribution in [-0.4, -0.2) is 35.7 Å². The summed E-state index contributed by atoms with van der Waals surface area (Å²) in [5, 5.41) is 0. The van der Waals surface area contributed by atoms with Crippen molar-refractivity contribution in [2.24, 2.45) is 22.2 Å². The molecule has 0 aromatic heterocycles. The van der Waals surface area contributed by atoms with Crippen LogP contribution in [0.5, 0.6) is 5.75 Å². The van der Waals surface area contributed by atoms with Gasteiger partial charge in [-0.2, -0.15) is 0 Å². The van der Waals surface area contributed by atoms with Gasteiger partial charge < -0.3 is 14.2 Å². The van der Waals surface area contributed by atoms with Crippen LogP contribution >= 0.6 is 0 Å². The lowest BCUT2D eigenvalue weighted by atomic mass is 9.53. The van der Waals surface area contributed by atoms with Crippen molar-refractivity contribution >= 4 is 11.9 Å². The molecule has 176 valence electrons. The van der Waals surface area contributed by atoms with Crippen LogP contribution in [0.4, 0.5) is 0 Å². The lowest BCUT2D eigenvalue weighted by molar-refractivity contribution is -0.134. The summed E-state index contributed by atoms with van der Waals surface area (Å²) in [6.07, 6.45) is 9.57. The fraction of sp³-hybridized carbons (Fsp3) is 0.714. The first-order valence-electron chi connectivity index (χ1n) is 13.1. The zero-order chi connectivity index (χ0) is 22.6. The Labute approximate surface area is 196 Å². The zero-order valence-corrected chi connectivity index (χ0v) is 20.1. The molecule has 3 aliphatic heterocycles. The summed E-state index contributed by atoms with van der Waals surface area (Å²) in [5.74, 6) is 3.64. The average molecular weight is 450 g/mol. The Balaban J connectivity index is 1.18. The predicted octanol–water partition coefficient (Wildman–Crippen LogP) is 5.13. The number of aliphatic imine (C=N–C) groups is 1. The Hall–Kier alpha value is -1.88. The van der Waals surface area contributed by atoms with Gasteiger partial charge >= 0.3 is 5.97 Å². The number of epoxide rings is 1. The summed E-state index contributed by atoms with van der Waals surface area (Å²) in [5.41, 5.74) is 4.21. The molecule has 2 saturated carbocycles. The summed E-state index contributed by atoms with van der Waals surface area (Å²) < 4.78 is 18.3. The lowest BCUT2D eigenvalue weighted by Gasteiger charge is -2.50. The van der Waals surface area contributed by atoms with Crippen molar-refractivity contribution in [2.75, 3.05) is 6.61 Å². The van der Waals surface area contributed by atoms with E-state index in [1.807, 2.05) is 0 Å². The van der Waals surface area contributed by atoms with Crippen LogP contribution in [0.2, 0.25) is 0 Å². The van der Waals surface area contributed by atoms with Crippen molar-refractivity contribution < 1.29 is 19.0 Å². The number of carbonyl (C=O) groups excluding carboxylic acids is 1. The van der Waals surface area contributed by atoms with Crippen LogP contribution < -0.4 is 4.74 Å². The van der Waals surface area contributed by atoms with Crippen LogP contribution in [0.3, 0.4) is 0 Å². The molecule has 0 N–H and O–H groups in total. The van der Waals surface area contributed by atoms with E-state index in [1.165, 1.54) is 36.8 Å². The topological polar surface area (TPSA) is 60.4 Å². The van der Waals surface area contributed by atoms with Gasteiger partial charge in [0.05, 0.1) is 5.54 Å². The maximum atomic E-state index is 12.0. The summed E-state index contributed by atoms with van der Waals surface area (Å²) >= 11 is 0. The van der Waals surface area contributed by atoms with Crippen molar-refractivity contribution in [2.45, 2.75) is 102 Å². The number of aryl methyl sites for hydroxylation is 2. The summed E-state index contributed by atoms with van der Waals surface area (Å²) in [6, 6.07) is 4.61. The van der Waals surface area contributed by atoms with Crippen molar-refractivity contribution in [3.63, 3.8) is 0 Å². The number of hydrogen-bond donors (Lipinski definition) is 0. The van der Waals surface area contributed by atoms with E-state index in [9.17, 15) is 4.79 Å². The van der Waals surface area contributed by atoms with E-state index < -0.39 is 0 Å². The Morgan fingerprint density at radius 1 is 1.00 bits per heavy atom. The lowest BCUT2D eigenvalue weighted by Crippen LogP contribution is -2.47. The maximum absolute atomic E-state index is 12.0. The first-order chi connectivity index (χ1) is 15.8. The molecule has 0 amide bonds. The normalized spacial score (nSPS) is 42.3. The van der Waals surface area contributed by atoms with Crippen LogP contribution in [0.15, 0.2) is 17.1 Å². The van der Waals surface area contributed by atoms with Crippen LogP contribution in [0.1, 0.15) is 88.3 Å². The van der Waals surface area contributed by atoms with E-state index >= 15 is 0 Å². The summed E-state index contributed by atoms with van der Waals surface area (Å²) in [4.78, 5) is 16.8. The largest absolute Gasteiger partial charge is 0.476 e. The molecule has 1 saturated heterocycles. The average Bonchev–Trinajstić information content (AvgIpc) is 3.36. The molecule has 3 fully saturated rings. The van der Waals surface area contributed by atoms with Crippen LogP contribution in [0.25, 0.3) is 0 Å². The minimum atomic E-state index is -0.127. The standard InChI is InChI=1S/C28H35NO4/c1-26(2)15-31-25(29-26)24-28(33-24)12-10-21-19-8-7-16-14-22-17(5-4-6-23(30)32-22)13-20(16)18(19)9-11-27(21,28)3/h13-14,18-19,21,24H,4-12,15H2,1-3H3/t18-,19+,21-,24-,27-,28+/m0/s1. The second kappa shape index (κ2) is 6.62. The molecule has 6 atom stereocenters. The molecule has 0 radical (unpaired) electrons. The molecule has 5 nitrogen and oxygen atoms in total. The first kappa shape index (κ1) is 20.5. The number of rotatable bonds is 1. The van der Waals surface area contributed by atoms with Gasteiger partial charge in [-0.05, 0) is 106 Å². The van der Waals surface area contributed by atoms with Gasteiger partial charge in [-0.15, -0.1) is 0 Å². The number of benzene rings is 1. The minimum absolute atomic E-state index is 0.0622. The third-order valence-corrected chi connectivity index (χ3v) is 10.0. The molecular weight excluding hydrogens is 414 g/mol. The van der Waals surface area contributed by atoms with E-state index in [1.54, 1.807) is 5.56 Å². The Morgan fingerprint density at radius 2 is 1.88 bits per heavy atom. The van der Waals surface area contributed by atoms with E-state index in [-0.39, 0.29) is 28.6 Å². The van der Waals surface area contributed by atoms with Crippen LogP contribution in [-0.2, 0) is 27.1 Å². The molecule has 1 aromatic carbocycles. The number of nitrogens with zero attached hydrogens (tertiary/aromatic N) is 1. The molecule has 3 heterocycles. The number of fused-ring (bicyclic) bond motifs is 7. The molecule has 0 bridgehead atoms. The van der Waals surface area contributed by atoms with Gasteiger partial charge in [0.15, 0.2) is 6.10 Å². The predicted molar refractivity (Wildman–Crippen MR) is 125 cm³/mol. The first-order valence-corrected chi connectivity index (χ1v) is 13.1. The van der Waals surface area contributed by atoms with E-state index in [4.69, 9.17) is 19.2 Å². The second-order valence-corrected chi connectivity index (χ2v) is 12.3. The van der Waals surface area contributed by atoms with Crippen molar-refractivity contribution in [1.82, 2.24) is 0 Å². The van der Waals surface area contributed by atoms with Gasteiger partial charge in [-0.3, -0.25) is 4.79 Å². The number of esters is 1. The highest BCUT2D eigenvalue weighted by atomic mass is 16.6. The zero-order valence-electron chi connectivity index (χ0n) is 20.1. The Kier molecular flexibility index (Phi) is 4.11. The monoisotopic (exact) mass is 449 g/mol. The molecule has 7 rings (SSSR count). The maximum Gasteiger partial charge on any atom is 0.311 e. The highest BCUT2D eigenvalue weighted by molar-refractivity contribution is 5.87. The third kappa shape index (κ3) is 2.81. The van der Waals surface area contributed by atoms with Crippen LogP contribution in [0, 0.1) is 17.3 Å². The van der Waals surface area contributed by atoms with Gasteiger partial charge in [0, 0.05) is 11.8 Å². The molecular formula is C28H35NO4. The Bertz CT molecular complexity index is 1080. The Morgan fingerprint density at radius 3 is 2.70 bits per heavy atom. The molecule has 3 aliphatic carbocycles. The van der Waals surface area contributed by atoms with E-state index in [0.29, 0.717) is 24.9 Å². The van der Waals surface area contributed by atoms with Gasteiger partial charge in [-0.25, -0.2) is 4.99 Å². The fourth-order valence-electron chi connectivity index (χ4n) is 8.36. The minimum Gasteiger partial charge on any atom is -0.476 e.